The van der Waals surface area contributed by atoms with Crippen LogP contribution in [0.2, 0.25) is 0 Å². The minimum Gasteiger partial charge on any atom is -0.393 e. The van der Waals surface area contributed by atoms with Gasteiger partial charge in [-0.15, -0.1) is 0 Å². The van der Waals surface area contributed by atoms with Gasteiger partial charge in [0.15, 0.2) is 0 Å². The fourth-order valence-electron chi connectivity index (χ4n) is 2.23. The molecular formula is C10H21NO. The van der Waals surface area contributed by atoms with E-state index in [0.29, 0.717) is 17.9 Å². The van der Waals surface area contributed by atoms with Gasteiger partial charge in [0.05, 0.1) is 6.10 Å². The highest BCUT2D eigenvalue weighted by molar-refractivity contribution is 4.84. The maximum absolute atomic E-state index is 9.68. The second-order valence-corrected chi connectivity index (χ2v) is 4.81. The summed E-state index contributed by atoms with van der Waals surface area (Å²) in [6.45, 7) is 5.27. The average Bonchev–Trinajstić information content (AvgIpc) is 1.97. The Morgan fingerprint density at radius 1 is 1.50 bits per heavy atom. The summed E-state index contributed by atoms with van der Waals surface area (Å²) in [5, 5.41) is 9.68. The molecular weight excluding hydrogens is 150 g/mol. The van der Waals surface area contributed by atoms with E-state index in [1.165, 1.54) is 0 Å². The molecule has 2 atom stereocenters. The predicted octanol–water partition coefficient (Wildman–Crippen LogP) is 1.52. The zero-order valence-electron chi connectivity index (χ0n) is 8.21. The fourth-order valence-corrected chi connectivity index (χ4v) is 2.23. The van der Waals surface area contributed by atoms with Gasteiger partial charge in [0, 0.05) is 0 Å². The van der Waals surface area contributed by atoms with Crippen molar-refractivity contribution in [3.63, 3.8) is 0 Å². The van der Waals surface area contributed by atoms with E-state index in [-0.39, 0.29) is 6.10 Å². The topological polar surface area (TPSA) is 46.2 Å². The van der Waals surface area contributed by atoms with Crippen molar-refractivity contribution in [3.05, 3.63) is 0 Å². The lowest BCUT2D eigenvalue weighted by atomic mass is 9.70. The van der Waals surface area contributed by atoms with Gasteiger partial charge in [-0.05, 0) is 43.6 Å². The van der Waals surface area contributed by atoms with E-state index in [2.05, 4.69) is 13.8 Å². The Labute approximate surface area is 75.2 Å². The molecule has 1 aliphatic carbocycles. The van der Waals surface area contributed by atoms with Crippen molar-refractivity contribution in [2.75, 3.05) is 6.54 Å². The van der Waals surface area contributed by atoms with Crippen molar-refractivity contribution >= 4 is 0 Å². The molecule has 12 heavy (non-hydrogen) atoms. The van der Waals surface area contributed by atoms with E-state index >= 15 is 0 Å². The largest absolute Gasteiger partial charge is 0.393 e. The van der Waals surface area contributed by atoms with Crippen molar-refractivity contribution in [2.24, 2.45) is 17.1 Å². The summed E-state index contributed by atoms with van der Waals surface area (Å²) in [5.74, 6) is 0.443. The Morgan fingerprint density at radius 3 is 2.75 bits per heavy atom. The number of hydrogen-bond acceptors (Lipinski definition) is 2. The van der Waals surface area contributed by atoms with E-state index in [4.69, 9.17) is 5.73 Å². The van der Waals surface area contributed by atoms with Gasteiger partial charge in [-0.25, -0.2) is 0 Å². The van der Waals surface area contributed by atoms with E-state index in [0.717, 1.165) is 25.7 Å². The lowest BCUT2D eigenvalue weighted by Gasteiger charge is -2.38. The van der Waals surface area contributed by atoms with E-state index < -0.39 is 0 Å². The van der Waals surface area contributed by atoms with Crippen LogP contribution in [0.25, 0.3) is 0 Å². The fraction of sp³-hybridized carbons (Fsp3) is 1.00. The summed E-state index contributed by atoms with van der Waals surface area (Å²) in [7, 11) is 0. The highest BCUT2D eigenvalue weighted by Gasteiger charge is 2.32. The van der Waals surface area contributed by atoms with Gasteiger partial charge in [0.2, 0.25) is 0 Å². The number of hydrogen-bond donors (Lipinski definition) is 2. The maximum Gasteiger partial charge on any atom is 0.0569 e. The van der Waals surface area contributed by atoms with E-state index in [1.54, 1.807) is 0 Å². The molecule has 0 aliphatic heterocycles. The van der Waals surface area contributed by atoms with Crippen molar-refractivity contribution in [3.8, 4) is 0 Å². The van der Waals surface area contributed by atoms with Crippen LogP contribution < -0.4 is 5.73 Å². The first-order valence-corrected chi connectivity index (χ1v) is 4.93. The molecule has 2 heteroatoms. The molecule has 2 nitrogen and oxygen atoms in total. The normalized spacial score (nSPS) is 35.0. The molecule has 1 aliphatic rings. The lowest BCUT2D eigenvalue weighted by molar-refractivity contribution is 0.0189. The van der Waals surface area contributed by atoms with Gasteiger partial charge in [-0.3, -0.25) is 0 Å². The second kappa shape index (κ2) is 3.75. The predicted molar refractivity (Wildman–Crippen MR) is 50.8 cm³/mol. The smallest absolute Gasteiger partial charge is 0.0569 e. The van der Waals surface area contributed by atoms with Gasteiger partial charge < -0.3 is 10.8 Å². The summed E-state index contributed by atoms with van der Waals surface area (Å²) in [6, 6.07) is 0. The molecule has 0 amide bonds. The maximum atomic E-state index is 9.68. The molecule has 0 aromatic carbocycles. The summed E-state index contributed by atoms with van der Waals surface area (Å²) in [4.78, 5) is 0. The van der Waals surface area contributed by atoms with Crippen LogP contribution in [0.5, 0.6) is 0 Å². The molecule has 0 aromatic rings. The Balaban J connectivity index is 2.47. The summed E-state index contributed by atoms with van der Waals surface area (Å²) >= 11 is 0. The molecule has 0 bridgehead atoms. The third-order valence-electron chi connectivity index (χ3n) is 3.01. The highest BCUT2D eigenvalue weighted by atomic mass is 16.3. The van der Waals surface area contributed by atoms with Crippen LogP contribution in [0.15, 0.2) is 0 Å². The van der Waals surface area contributed by atoms with Crippen LogP contribution >= 0.6 is 0 Å². The molecule has 0 aromatic heterocycles. The zero-order valence-corrected chi connectivity index (χ0v) is 8.21. The van der Waals surface area contributed by atoms with E-state index in [1.807, 2.05) is 0 Å². The van der Waals surface area contributed by atoms with Crippen LogP contribution in [-0.4, -0.2) is 17.8 Å². The first-order valence-electron chi connectivity index (χ1n) is 4.93. The summed E-state index contributed by atoms with van der Waals surface area (Å²) in [5.41, 5.74) is 5.91. The lowest BCUT2D eigenvalue weighted by Crippen LogP contribution is -2.34. The highest BCUT2D eigenvalue weighted by Crippen LogP contribution is 2.39. The van der Waals surface area contributed by atoms with Gasteiger partial charge in [0.25, 0.3) is 0 Å². The molecule has 0 saturated heterocycles. The number of nitrogens with two attached hydrogens (primary N) is 1. The van der Waals surface area contributed by atoms with Crippen molar-refractivity contribution in [1.82, 2.24) is 0 Å². The van der Waals surface area contributed by atoms with E-state index in [9.17, 15) is 5.11 Å². The molecule has 0 spiro atoms. The Hall–Kier alpha value is -0.0800. The molecule has 1 saturated carbocycles. The molecule has 0 heterocycles. The Morgan fingerprint density at radius 2 is 2.17 bits per heavy atom. The summed E-state index contributed by atoms with van der Waals surface area (Å²) < 4.78 is 0. The Kier molecular flexibility index (Phi) is 3.13. The average molecular weight is 171 g/mol. The van der Waals surface area contributed by atoms with Gasteiger partial charge in [0.1, 0.15) is 0 Å². The zero-order chi connectivity index (χ0) is 9.19. The first kappa shape index (κ1) is 10.0. The minimum atomic E-state index is -0.0958. The molecule has 3 N–H and O–H groups in total. The van der Waals surface area contributed by atoms with Crippen LogP contribution in [0.1, 0.15) is 39.5 Å². The van der Waals surface area contributed by atoms with Crippen molar-refractivity contribution in [1.29, 1.82) is 0 Å². The quantitative estimate of drug-likeness (QED) is 0.661. The molecule has 72 valence electrons. The van der Waals surface area contributed by atoms with Crippen molar-refractivity contribution < 1.29 is 5.11 Å². The summed E-state index contributed by atoms with van der Waals surface area (Å²) in [6.07, 6.45) is 4.12. The number of rotatable bonds is 2. The molecule has 2 unspecified atom stereocenters. The van der Waals surface area contributed by atoms with Crippen LogP contribution in [-0.2, 0) is 0 Å². The van der Waals surface area contributed by atoms with Gasteiger partial charge in [-0.1, -0.05) is 13.8 Å². The van der Waals surface area contributed by atoms with Crippen molar-refractivity contribution in [2.45, 2.75) is 45.6 Å². The van der Waals surface area contributed by atoms with Gasteiger partial charge in [-0.2, -0.15) is 0 Å². The van der Waals surface area contributed by atoms with Crippen LogP contribution in [0.3, 0.4) is 0 Å². The molecule has 1 rings (SSSR count). The third-order valence-corrected chi connectivity index (χ3v) is 3.01. The third kappa shape index (κ3) is 2.46. The monoisotopic (exact) mass is 171 g/mol. The van der Waals surface area contributed by atoms with Crippen LogP contribution in [0.4, 0.5) is 0 Å². The molecule has 0 radical (unpaired) electrons. The second-order valence-electron chi connectivity index (χ2n) is 4.81. The standard InChI is InChI=1S/C10H21NO/c1-10(2)5-3-9(12)8(7-10)4-6-11/h8-9,12H,3-7,11H2,1-2H3. The minimum absolute atomic E-state index is 0.0958. The first-order chi connectivity index (χ1) is 5.55. The number of aliphatic hydroxyl groups is 1. The SMILES string of the molecule is CC1(C)CCC(O)C(CCN)C1. The molecule has 1 fully saturated rings. The van der Waals surface area contributed by atoms with Gasteiger partial charge >= 0.3 is 0 Å². The Bertz CT molecular complexity index is 145. The number of aliphatic hydroxyl groups excluding tert-OH is 1. The van der Waals surface area contributed by atoms with Crippen LogP contribution in [0, 0.1) is 11.3 Å².